The fourth-order valence-electron chi connectivity index (χ4n) is 2.60. The Morgan fingerprint density at radius 3 is 2.58 bits per heavy atom. The lowest BCUT2D eigenvalue weighted by Gasteiger charge is -2.21. The van der Waals surface area contributed by atoms with Crippen LogP contribution < -0.4 is 5.73 Å². The number of rotatable bonds is 4. The number of hydrogen-bond donors (Lipinski definition) is 1. The molecule has 1 saturated heterocycles. The predicted octanol–water partition coefficient (Wildman–Crippen LogP) is 1.16. The highest BCUT2D eigenvalue weighted by Gasteiger charge is 2.44. The summed E-state index contributed by atoms with van der Waals surface area (Å²) in [4.78, 5) is 27.3. The van der Waals surface area contributed by atoms with E-state index in [-0.39, 0.29) is 17.8 Å². The standard InChI is InChI=1S/C16H18N4O4/c1-9-10(2)23-15(20-8-18-14(19-20)13(17)21)12(9)24-16(22)11-6-4-3-5-7-11/h3-10,12,15H,1-2H3,(H2,17,21)/t9-,10?,12-,15-/m1/s1. The smallest absolute Gasteiger partial charge is 0.338 e. The average molecular weight is 330 g/mol. The van der Waals surface area contributed by atoms with Crippen LogP contribution in [0.5, 0.6) is 0 Å². The van der Waals surface area contributed by atoms with Crippen molar-refractivity contribution < 1.29 is 19.1 Å². The molecule has 0 radical (unpaired) electrons. The Kier molecular flexibility index (Phi) is 4.30. The summed E-state index contributed by atoms with van der Waals surface area (Å²) in [6.45, 7) is 3.82. The average Bonchev–Trinajstić information content (AvgIpc) is 3.16. The second kappa shape index (κ2) is 6.40. The van der Waals surface area contributed by atoms with Gasteiger partial charge < -0.3 is 15.2 Å². The molecular formula is C16H18N4O4. The van der Waals surface area contributed by atoms with Gasteiger partial charge in [-0.25, -0.2) is 14.5 Å². The molecule has 8 heteroatoms. The first-order valence-corrected chi connectivity index (χ1v) is 7.60. The Bertz CT molecular complexity index is 746. The van der Waals surface area contributed by atoms with Crippen LogP contribution in [-0.4, -0.2) is 38.8 Å². The number of nitrogens with zero attached hydrogens (tertiary/aromatic N) is 3. The van der Waals surface area contributed by atoms with E-state index in [4.69, 9.17) is 15.2 Å². The molecule has 1 fully saturated rings. The molecule has 1 amide bonds. The number of carbonyl (C=O) groups excluding carboxylic acids is 2. The van der Waals surface area contributed by atoms with E-state index in [1.165, 1.54) is 11.0 Å². The second-order valence-electron chi connectivity index (χ2n) is 5.74. The summed E-state index contributed by atoms with van der Waals surface area (Å²) in [6.07, 6.45) is -0.0259. The van der Waals surface area contributed by atoms with Gasteiger partial charge in [0.15, 0.2) is 12.3 Å². The fourth-order valence-corrected chi connectivity index (χ4v) is 2.60. The van der Waals surface area contributed by atoms with Gasteiger partial charge in [0, 0.05) is 5.92 Å². The van der Waals surface area contributed by atoms with E-state index >= 15 is 0 Å². The zero-order valence-corrected chi connectivity index (χ0v) is 13.3. The fraction of sp³-hybridized carbons (Fsp3) is 0.375. The quantitative estimate of drug-likeness (QED) is 0.842. The SMILES string of the molecule is CC1O[C@@H](n2cnc(C(N)=O)n2)[C@H](OC(=O)c2ccccc2)[C@@H]1C. The molecule has 0 saturated carbocycles. The number of aromatic nitrogens is 3. The first-order chi connectivity index (χ1) is 11.5. The van der Waals surface area contributed by atoms with Crippen LogP contribution in [0.3, 0.4) is 0 Å². The van der Waals surface area contributed by atoms with Gasteiger partial charge in [0.25, 0.3) is 5.91 Å². The molecule has 1 aromatic heterocycles. The normalized spacial score (nSPS) is 26.2. The lowest BCUT2D eigenvalue weighted by molar-refractivity contribution is -0.0513. The van der Waals surface area contributed by atoms with E-state index in [2.05, 4.69) is 10.1 Å². The molecule has 1 aromatic carbocycles. The van der Waals surface area contributed by atoms with Gasteiger partial charge in [-0.15, -0.1) is 5.10 Å². The molecule has 0 bridgehead atoms. The van der Waals surface area contributed by atoms with E-state index in [0.29, 0.717) is 5.56 Å². The van der Waals surface area contributed by atoms with Crippen LogP contribution in [0.2, 0.25) is 0 Å². The van der Waals surface area contributed by atoms with Gasteiger partial charge in [0.2, 0.25) is 5.82 Å². The maximum Gasteiger partial charge on any atom is 0.338 e. The Balaban J connectivity index is 1.82. The van der Waals surface area contributed by atoms with Crippen molar-refractivity contribution in [2.45, 2.75) is 32.3 Å². The van der Waals surface area contributed by atoms with Crippen molar-refractivity contribution in [2.24, 2.45) is 11.7 Å². The van der Waals surface area contributed by atoms with Gasteiger partial charge in [-0.05, 0) is 19.1 Å². The Hall–Kier alpha value is -2.74. The van der Waals surface area contributed by atoms with Crippen molar-refractivity contribution in [1.29, 1.82) is 0 Å². The largest absolute Gasteiger partial charge is 0.453 e. The molecule has 8 nitrogen and oxygen atoms in total. The highest BCUT2D eigenvalue weighted by atomic mass is 16.6. The van der Waals surface area contributed by atoms with Crippen LogP contribution in [-0.2, 0) is 9.47 Å². The van der Waals surface area contributed by atoms with E-state index in [1.807, 2.05) is 19.9 Å². The topological polar surface area (TPSA) is 109 Å². The van der Waals surface area contributed by atoms with Crippen molar-refractivity contribution >= 4 is 11.9 Å². The van der Waals surface area contributed by atoms with Crippen LogP contribution in [0.1, 0.15) is 41.1 Å². The maximum atomic E-state index is 12.3. The molecule has 1 aliphatic heterocycles. The predicted molar refractivity (Wildman–Crippen MR) is 82.9 cm³/mol. The first kappa shape index (κ1) is 16.1. The van der Waals surface area contributed by atoms with E-state index in [9.17, 15) is 9.59 Å². The lowest BCUT2D eigenvalue weighted by Crippen LogP contribution is -2.30. The van der Waals surface area contributed by atoms with Crippen LogP contribution in [0, 0.1) is 5.92 Å². The molecule has 24 heavy (non-hydrogen) atoms. The molecule has 2 heterocycles. The number of esters is 1. The lowest BCUT2D eigenvalue weighted by atomic mass is 10.0. The summed E-state index contributed by atoms with van der Waals surface area (Å²) in [5.41, 5.74) is 5.63. The van der Waals surface area contributed by atoms with Crippen molar-refractivity contribution in [2.75, 3.05) is 0 Å². The Labute approximate surface area is 138 Å². The molecule has 4 atom stereocenters. The minimum atomic E-state index is -0.731. The second-order valence-corrected chi connectivity index (χ2v) is 5.74. The number of carbonyl (C=O) groups is 2. The number of hydrogen-bond acceptors (Lipinski definition) is 6. The number of ether oxygens (including phenoxy) is 2. The van der Waals surface area contributed by atoms with Crippen molar-refractivity contribution in [1.82, 2.24) is 14.8 Å². The van der Waals surface area contributed by atoms with Gasteiger partial charge in [0.1, 0.15) is 6.33 Å². The third-order valence-corrected chi connectivity index (χ3v) is 4.14. The number of primary amides is 1. The van der Waals surface area contributed by atoms with Gasteiger partial charge in [-0.2, -0.15) is 0 Å². The van der Waals surface area contributed by atoms with Crippen LogP contribution in [0.25, 0.3) is 0 Å². The number of benzene rings is 1. The molecule has 3 rings (SSSR count). The molecule has 0 aliphatic carbocycles. The molecule has 2 aromatic rings. The molecule has 1 aliphatic rings. The Morgan fingerprint density at radius 1 is 1.25 bits per heavy atom. The van der Waals surface area contributed by atoms with Crippen molar-refractivity contribution in [3.05, 3.63) is 48.0 Å². The number of nitrogens with two attached hydrogens (primary N) is 1. The zero-order chi connectivity index (χ0) is 17.3. The minimum Gasteiger partial charge on any atom is -0.453 e. The molecule has 0 spiro atoms. The maximum absolute atomic E-state index is 12.3. The van der Waals surface area contributed by atoms with Crippen LogP contribution in [0.15, 0.2) is 36.7 Å². The third kappa shape index (κ3) is 3.00. The highest BCUT2D eigenvalue weighted by Crippen LogP contribution is 2.35. The van der Waals surface area contributed by atoms with E-state index in [1.54, 1.807) is 24.3 Å². The minimum absolute atomic E-state index is 0.0520. The molecule has 126 valence electrons. The van der Waals surface area contributed by atoms with Gasteiger partial charge in [0.05, 0.1) is 11.7 Å². The van der Waals surface area contributed by atoms with E-state index < -0.39 is 24.2 Å². The molecular weight excluding hydrogens is 312 g/mol. The monoisotopic (exact) mass is 330 g/mol. The summed E-state index contributed by atoms with van der Waals surface area (Å²) in [6, 6.07) is 8.72. The zero-order valence-electron chi connectivity index (χ0n) is 13.3. The third-order valence-electron chi connectivity index (χ3n) is 4.14. The van der Waals surface area contributed by atoms with Gasteiger partial charge in [-0.3, -0.25) is 4.79 Å². The Morgan fingerprint density at radius 2 is 1.96 bits per heavy atom. The summed E-state index contributed by atoms with van der Waals surface area (Å²) >= 11 is 0. The van der Waals surface area contributed by atoms with E-state index in [0.717, 1.165) is 0 Å². The molecule has 2 N–H and O–H groups in total. The van der Waals surface area contributed by atoms with Crippen molar-refractivity contribution in [3.63, 3.8) is 0 Å². The van der Waals surface area contributed by atoms with Gasteiger partial charge >= 0.3 is 5.97 Å². The summed E-state index contributed by atoms with van der Waals surface area (Å²) < 4.78 is 12.8. The highest BCUT2D eigenvalue weighted by molar-refractivity contribution is 5.89. The summed E-state index contributed by atoms with van der Waals surface area (Å²) in [5, 5.41) is 4.01. The van der Waals surface area contributed by atoms with Gasteiger partial charge in [-0.1, -0.05) is 25.1 Å². The summed E-state index contributed by atoms with van der Waals surface area (Å²) in [7, 11) is 0. The molecule has 1 unspecified atom stereocenters. The number of amides is 1. The van der Waals surface area contributed by atoms with Crippen LogP contribution >= 0.6 is 0 Å². The van der Waals surface area contributed by atoms with Crippen molar-refractivity contribution in [3.8, 4) is 0 Å². The summed E-state index contributed by atoms with van der Waals surface area (Å²) in [5.74, 6) is -1.33. The van der Waals surface area contributed by atoms with Crippen LogP contribution in [0.4, 0.5) is 0 Å². The first-order valence-electron chi connectivity index (χ1n) is 7.60.